The smallest absolute Gasteiger partial charge is 0.0485 e. The predicted molar refractivity (Wildman–Crippen MR) is 61.2 cm³/mol. The molecule has 2 aromatic rings. The molecule has 2 rings (SSSR count). The molecule has 66 valence electrons. The van der Waals surface area contributed by atoms with E-state index in [1.165, 1.54) is 10.8 Å². The highest BCUT2D eigenvalue weighted by molar-refractivity contribution is 9.10. The standard InChI is InChI=1S/C11H8BrCl/c12-11-9(7-13)6-5-8-3-1-2-4-10(8)11/h1-6H,7H2. The monoisotopic (exact) mass is 254 g/mol. The molecule has 0 atom stereocenters. The van der Waals surface area contributed by atoms with E-state index in [4.69, 9.17) is 11.6 Å². The van der Waals surface area contributed by atoms with Gasteiger partial charge in [0.05, 0.1) is 0 Å². The van der Waals surface area contributed by atoms with Gasteiger partial charge in [-0.25, -0.2) is 0 Å². The van der Waals surface area contributed by atoms with Gasteiger partial charge in [-0.2, -0.15) is 0 Å². The minimum absolute atomic E-state index is 0.547. The summed E-state index contributed by atoms with van der Waals surface area (Å²) in [5.41, 5.74) is 1.14. The first-order chi connectivity index (χ1) is 6.33. The second-order valence-electron chi connectivity index (χ2n) is 2.89. The number of rotatable bonds is 1. The zero-order valence-electron chi connectivity index (χ0n) is 6.93. The molecule has 2 heteroatoms. The van der Waals surface area contributed by atoms with Gasteiger partial charge in [-0.3, -0.25) is 0 Å². The van der Waals surface area contributed by atoms with Gasteiger partial charge in [-0.1, -0.05) is 36.4 Å². The Morgan fingerprint density at radius 1 is 1.08 bits per heavy atom. The fraction of sp³-hybridized carbons (Fsp3) is 0.0909. The zero-order chi connectivity index (χ0) is 9.26. The topological polar surface area (TPSA) is 0 Å². The number of fused-ring (bicyclic) bond motifs is 1. The second-order valence-corrected chi connectivity index (χ2v) is 3.95. The van der Waals surface area contributed by atoms with Gasteiger partial charge in [-0.05, 0) is 32.3 Å². The summed E-state index contributed by atoms with van der Waals surface area (Å²) in [5, 5.41) is 2.46. The number of hydrogen-bond acceptors (Lipinski definition) is 0. The maximum atomic E-state index is 5.80. The van der Waals surface area contributed by atoms with Crippen LogP contribution < -0.4 is 0 Å². The zero-order valence-corrected chi connectivity index (χ0v) is 9.27. The highest BCUT2D eigenvalue weighted by Crippen LogP contribution is 2.28. The van der Waals surface area contributed by atoms with Gasteiger partial charge in [0.2, 0.25) is 0 Å². The predicted octanol–water partition coefficient (Wildman–Crippen LogP) is 4.34. The molecule has 0 unspecified atom stereocenters. The highest BCUT2D eigenvalue weighted by Gasteiger charge is 2.02. The van der Waals surface area contributed by atoms with E-state index in [2.05, 4.69) is 40.2 Å². The first-order valence-electron chi connectivity index (χ1n) is 4.05. The summed E-state index contributed by atoms with van der Waals surface area (Å²) in [6, 6.07) is 12.4. The van der Waals surface area contributed by atoms with E-state index < -0.39 is 0 Å². The van der Waals surface area contributed by atoms with Crippen molar-refractivity contribution < 1.29 is 0 Å². The molecule has 0 aliphatic heterocycles. The summed E-state index contributed by atoms with van der Waals surface area (Å²) in [6.07, 6.45) is 0. The largest absolute Gasteiger partial charge is 0.122 e. The van der Waals surface area contributed by atoms with Gasteiger partial charge in [0.1, 0.15) is 0 Å². The molecular formula is C11H8BrCl. The van der Waals surface area contributed by atoms with Crippen molar-refractivity contribution in [3.63, 3.8) is 0 Å². The molecule has 13 heavy (non-hydrogen) atoms. The van der Waals surface area contributed by atoms with Crippen LogP contribution in [0.5, 0.6) is 0 Å². The molecule has 0 bridgehead atoms. The first-order valence-corrected chi connectivity index (χ1v) is 5.38. The van der Waals surface area contributed by atoms with E-state index >= 15 is 0 Å². The van der Waals surface area contributed by atoms with Gasteiger partial charge in [0.25, 0.3) is 0 Å². The van der Waals surface area contributed by atoms with Crippen molar-refractivity contribution in [1.82, 2.24) is 0 Å². The second kappa shape index (κ2) is 3.69. The van der Waals surface area contributed by atoms with Crippen molar-refractivity contribution in [2.45, 2.75) is 5.88 Å². The molecule has 2 aromatic carbocycles. The van der Waals surface area contributed by atoms with Crippen LogP contribution in [0.2, 0.25) is 0 Å². The maximum Gasteiger partial charge on any atom is 0.0485 e. The van der Waals surface area contributed by atoms with Crippen molar-refractivity contribution >= 4 is 38.3 Å². The van der Waals surface area contributed by atoms with Crippen LogP contribution in [-0.4, -0.2) is 0 Å². The van der Waals surface area contributed by atoms with Crippen molar-refractivity contribution in [1.29, 1.82) is 0 Å². The van der Waals surface area contributed by atoms with E-state index in [0.717, 1.165) is 10.0 Å². The molecule has 0 nitrogen and oxygen atoms in total. The molecular weight excluding hydrogens is 247 g/mol. The molecule has 0 saturated heterocycles. The van der Waals surface area contributed by atoms with Crippen LogP contribution in [0, 0.1) is 0 Å². The van der Waals surface area contributed by atoms with Crippen molar-refractivity contribution in [3.8, 4) is 0 Å². The van der Waals surface area contributed by atoms with Crippen LogP contribution in [-0.2, 0) is 5.88 Å². The van der Waals surface area contributed by atoms with Gasteiger partial charge in [0.15, 0.2) is 0 Å². The van der Waals surface area contributed by atoms with Crippen LogP contribution in [0.4, 0.5) is 0 Å². The summed E-state index contributed by atoms with van der Waals surface area (Å²) in [5.74, 6) is 0.547. The molecule has 0 spiro atoms. The lowest BCUT2D eigenvalue weighted by Gasteiger charge is -2.04. The van der Waals surface area contributed by atoms with Gasteiger partial charge >= 0.3 is 0 Å². The Morgan fingerprint density at radius 2 is 1.85 bits per heavy atom. The summed E-state index contributed by atoms with van der Waals surface area (Å²) >= 11 is 9.36. The van der Waals surface area contributed by atoms with Gasteiger partial charge < -0.3 is 0 Å². The third-order valence-electron chi connectivity index (χ3n) is 2.09. The summed E-state index contributed by atoms with van der Waals surface area (Å²) in [6.45, 7) is 0. The Bertz CT molecular complexity index is 437. The quantitative estimate of drug-likeness (QED) is 0.665. The first kappa shape index (κ1) is 9.04. The number of hydrogen-bond donors (Lipinski definition) is 0. The van der Waals surface area contributed by atoms with Gasteiger partial charge in [0, 0.05) is 10.4 Å². The Kier molecular flexibility index (Phi) is 2.56. The molecule has 0 amide bonds. The maximum absolute atomic E-state index is 5.80. The Balaban J connectivity index is 2.79. The third-order valence-corrected chi connectivity index (χ3v) is 3.31. The number of alkyl halides is 1. The lowest BCUT2D eigenvalue weighted by Crippen LogP contribution is -1.82. The molecule has 0 aliphatic rings. The average molecular weight is 256 g/mol. The van der Waals surface area contributed by atoms with Crippen LogP contribution in [0.15, 0.2) is 40.9 Å². The van der Waals surface area contributed by atoms with E-state index in [1.54, 1.807) is 0 Å². The molecule has 0 saturated carbocycles. The SMILES string of the molecule is ClCc1ccc2ccccc2c1Br. The Morgan fingerprint density at radius 3 is 2.62 bits per heavy atom. The molecule has 0 aromatic heterocycles. The number of benzene rings is 2. The number of halogens is 2. The minimum Gasteiger partial charge on any atom is -0.122 e. The van der Waals surface area contributed by atoms with Crippen LogP contribution >= 0.6 is 27.5 Å². The van der Waals surface area contributed by atoms with E-state index in [0.29, 0.717) is 5.88 Å². The molecule has 0 aliphatic carbocycles. The lowest BCUT2D eigenvalue weighted by molar-refractivity contribution is 1.40. The van der Waals surface area contributed by atoms with Crippen LogP contribution in [0.3, 0.4) is 0 Å². The van der Waals surface area contributed by atoms with Crippen molar-refractivity contribution in [2.24, 2.45) is 0 Å². The lowest BCUT2D eigenvalue weighted by atomic mass is 10.1. The molecule has 0 fully saturated rings. The Labute approximate surface area is 90.6 Å². The summed E-state index contributed by atoms with van der Waals surface area (Å²) in [4.78, 5) is 0. The van der Waals surface area contributed by atoms with Crippen LogP contribution in [0.1, 0.15) is 5.56 Å². The van der Waals surface area contributed by atoms with Crippen molar-refractivity contribution in [3.05, 3.63) is 46.4 Å². The summed E-state index contributed by atoms with van der Waals surface area (Å²) < 4.78 is 1.11. The van der Waals surface area contributed by atoms with Crippen LogP contribution in [0.25, 0.3) is 10.8 Å². The summed E-state index contributed by atoms with van der Waals surface area (Å²) in [7, 11) is 0. The van der Waals surface area contributed by atoms with E-state index in [-0.39, 0.29) is 0 Å². The Hall–Kier alpha value is -0.530. The molecule has 0 heterocycles. The van der Waals surface area contributed by atoms with E-state index in [9.17, 15) is 0 Å². The van der Waals surface area contributed by atoms with Crippen molar-refractivity contribution in [2.75, 3.05) is 0 Å². The normalized spacial score (nSPS) is 10.6. The fourth-order valence-electron chi connectivity index (χ4n) is 1.38. The molecule has 0 N–H and O–H groups in total. The third kappa shape index (κ3) is 1.59. The fourth-order valence-corrected chi connectivity index (χ4v) is 2.40. The minimum atomic E-state index is 0.547. The molecule has 0 radical (unpaired) electrons. The van der Waals surface area contributed by atoms with Gasteiger partial charge in [-0.15, -0.1) is 11.6 Å². The average Bonchev–Trinajstić information content (AvgIpc) is 2.19. The highest BCUT2D eigenvalue weighted by atomic mass is 79.9. The van der Waals surface area contributed by atoms with E-state index in [1.807, 2.05) is 12.1 Å².